The summed E-state index contributed by atoms with van der Waals surface area (Å²) in [7, 11) is 1.46. The van der Waals surface area contributed by atoms with E-state index in [0.29, 0.717) is 5.89 Å². The van der Waals surface area contributed by atoms with Crippen LogP contribution in [0, 0.1) is 0 Å². The number of para-hydroxylation sites is 1. The van der Waals surface area contributed by atoms with Crippen LogP contribution in [0.1, 0.15) is 0 Å². The number of benzene rings is 3. The van der Waals surface area contributed by atoms with E-state index in [1.54, 1.807) is 3.29 Å². The average molecular weight is 416 g/mol. The van der Waals surface area contributed by atoms with Crippen LogP contribution in [0.15, 0.2) is 89.3 Å². The maximum atomic E-state index is 6.31. The van der Waals surface area contributed by atoms with Gasteiger partial charge >= 0.3 is 16.5 Å². The van der Waals surface area contributed by atoms with Gasteiger partial charge in [-0.3, -0.25) is 0 Å². The maximum Gasteiger partial charge on any atom is 0.334 e. The Hall–Kier alpha value is -2.53. The lowest BCUT2D eigenvalue weighted by Gasteiger charge is -2.20. The molecule has 4 rings (SSSR count). The Morgan fingerprint density at radius 3 is 2.17 bits per heavy atom. The molecule has 1 aromatic heterocycles. The van der Waals surface area contributed by atoms with E-state index >= 15 is 0 Å². The molecule has 0 unspecified atom stereocenters. The number of hydrogen-bond acceptors (Lipinski definition) is 6. The molecule has 29 heavy (non-hydrogen) atoms. The summed E-state index contributed by atoms with van der Waals surface area (Å²) in [6.45, 7) is 0. The summed E-state index contributed by atoms with van der Waals surface area (Å²) in [4.78, 5) is 9.55. The molecular formula is C22H17AlN2O3S. The van der Waals surface area contributed by atoms with Gasteiger partial charge in [0.05, 0.1) is 12.7 Å². The second-order valence-corrected chi connectivity index (χ2v) is 7.65. The van der Waals surface area contributed by atoms with Gasteiger partial charge in [-0.2, -0.15) is 0 Å². The van der Waals surface area contributed by atoms with E-state index in [0.717, 1.165) is 46.1 Å². The minimum Gasteiger partial charge on any atom is -0.435 e. The van der Waals surface area contributed by atoms with Gasteiger partial charge in [-0.15, -0.1) is 4.33 Å². The summed E-state index contributed by atoms with van der Waals surface area (Å²) in [5.74, 6) is 1.27. The third-order valence-electron chi connectivity index (χ3n) is 4.26. The Morgan fingerprint density at radius 1 is 0.862 bits per heavy atom. The SMILES string of the molecule is COOS[N]([Al])c1ccccc1-c1nc(-c2ccccc2)c(-c2ccccc2)o1. The highest BCUT2D eigenvalue weighted by molar-refractivity contribution is 7.97. The van der Waals surface area contributed by atoms with Crippen molar-refractivity contribution in [3.63, 3.8) is 0 Å². The zero-order valence-electron chi connectivity index (χ0n) is 15.7. The lowest BCUT2D eigenvalue weighted by molar-refractivity contribution is -0.160. The Balaban J connectivity index is 1.84. The fraction of sp³-hybridized carbons (Fsp3) is 0.0455. The molecule has 0 aliphatic rings. The fourth-order valence-corrected chi connectivity index (χ4v) is 3.66. The van der Waals surface area contributed by atoms with Gasteiger partial charge in [-0.25, -0.2) is 9.87 Å². The van der Waals surface area contributed by atoms with Crippen LogP contribution in [-0.2, 0) is 9.22 Å². The van der Waals surface area contributed by atoms with E-state index in [2.05, 4.69) is 21.4 Å². The van der Waals surface area contributed by atoms with Crippen molar-refractivity contribution in [3.8, 4) is 34.0 Å². The van der Waals surface area contributed by atoms with E-state index in [1.165, 1.54) is 7.11 Å². The van der Waals surface area contributed by atoms with Gasteiger partial charge in [0.15, 0.2) is 5.76 Å². The van der Waals surface area contributed by atoms with Crippen LogP contribution in [0.25, 0.3) is 34.0 Å². The summed E-state index contributed by atoms with van der Waals surface area (Å²) in [5.41, 5.74) is 4.48. The first-order chi connectivity index (χ1) is 14.3. The highest BCUT2D eigenvalue weighted by Gasteiger charge is 2.20. The molecule has 142 valence electrons. The zero-order valence-corrected chi connectivity index (χ0v) is 17.7. The van der Waals surface area contributed by atoms with E-state index in [4.69, 9.17) is 13.7 Å². The number of hydrogen-bond donors (Lipinski definition) is 0. The van der Waals surface area contributed by atoms with Crippen LogP contribution in [0.3, 0.4) is 0 Å². The van der Waals surface area contributed by atoms with Crippen LogP contribution >= 0.6 is 12.2 Å². The monoisotopic (exact) mass is 416 g/mol. The Kier molecular flexibility index (Phi) is 6.35. The van der Waals surface area contributed by atoms with Gasteiger partial charge in [0.25, 0.3) is 0 Å². The summed E-state index contributed by atoms with van der Waals surface area (Å²) in [5, 5.41) is 0. The zero-order chi connectivity index (χ0) is 20.1. The third-order valence-corrected chi connectivity index (χ3v) is 5.35. The highest BCUT2D eigenvalue weighted by Crippen LogP contribution is 2.39. The lowest BCUT2D eigenvalue weighted by atomic mass is 10.1. The standard InChI is InChI=1S/C22H17N2O3S.Al/c1-25-27-28-24-19-15-9-8-14-18(19)22-23-20(16-10-4-2-5-11-16)21(26-22)17-12-6-3-7-13-17;/h2-15H,1H3;/q-1;+1. The Labute approximate surface area is 182 Å². The van der Waals surface area contributed by atoms with Gasteiger partial charge in [-0.1, -0.05) is 72.8 Å². The first-order valence-electron chi connectivity index (χ1n) is 8.91. The van der Waals surface area contributed by atoms with Crippen molar-refractivity contribution in [2.45, 2.75) is 0 Å². The predicted octanol–water partition coefficient (Wildman–Crippen LogP) is 5.71. The summed E-state index contributed by atoms with van der Waals surface area (Å²) >= 11 is 3.64. The van der Waals surface area contributed by atoms with Crippen LogP contribution in [0.2, 0.25) is 0 Å². The number of rotatable bonds is 7. The lowest BCUT2D eigenvalue weighted by Crippen LogP contribution is -2.10. The minimum absolute atomic E-state index is 0.531. The molecule has 0 bridgehead atoms. The molecule has 0 spiro atoms. The van der Waals surface area contributed by atoms with Crippen LogP contribution in [-0.4, -0.2) is 28.6 Å². The van der Waals surface area contributed by atoms with Crippen LogP contribution < -0.4 is 3.29 Å². The van der Waals surface area contributed by atoms with Crippen LogP contribution in [0.4, 0.5) is 5.69 Å². The quantitative estimate of drug-likeness (QED) is 0.127. The van der Waals surface area contributed by atoms with Crippen molar-refractivity contribution in [1.29, 1.82) is 0 Å². The molecular weight excluding hydrogens is 399 g/mol. The molecule has 0 atom stereocenters. The summed E-state index contributed by atoms with van der Waals surface area (Å²) < 4.78 is 13.1. The van der Waals surface area contributed by atoms with Crippen molar-refractivity contribution in [2.24, 2.45) is 0 Å². The van der Waals surface area contributed by atoms with Gasteiger partial charge in [0.1, 0.15) is 17.9 Å². The molecule has 0 saturated carbocycles. The van der Waals surface area contributed by atoms with Crippen molar-refractivity contribution in [2.75, 3.05) is 10.4 Å². The topological polar surface area (TPSA) is 47.7 Å². The predicted molar refractivity (Wildman–Crippen MR) is 117 cm³/mol. The second-order valence-electron chi connectivity index (χ2n) is 6.08. The first kappa shape index (κ1) is 19.8. The number of aromatic nitrogens is 1. The molecule has 0 aliphatic heterocycles. The molecule has 7 heteroatoms. The Bertz CT molecular complexity index is 1020. The number of nitrogens with zero attached hydrogens (tertiary/aromatic N) is 2. The second kappa shape index (κ2) is 9.31. The summed E-state index contributed by atoms with van der Waals surface area (Å²) in [6, 6.07) is 27.9. The molecule has 4 aromatic rings. The molecule has 2 radical (unpaired) electrons. The normalized spacial score (nSPS) is 10.8. The maximum absolute atomic E-state index is 6.31. The molecule has 0 N–H and O–H groups in total. The van der Waals surface area contributed by atoms with Crippen molar-refractivity contribution >= 4 is 34.4 Å². The van der Waals surface area contributed by atoms with E-state index < -0.39 is 0 Å². The molecule has 0 fully saturated rings. The molecule has 0 saturated heterocycles. The largest absolute Gasteiger partial charge is 0.435 e. The molecule has 1 heterocycles. The van der Waals surface area contributed by atoms with Gasteiger partial charge in [-0.05, 0) is 12.1 Å². The van der Waals surface area contributed by atoms with Gasteiger partial charge in [0, 0.05) is 16.8 Å². The minimum atomic E-state index is 0.531. The molecule has 5 nitrogen and oxygen atoms in total. The highest BCUT2D eigenvalue weighted by atomic mass is 32.2. The number of anilines is 1. The smallest absolute Gasteiger partial charge is 0.334 e. The number of oxazole rings is 1. The first-order valence-corrected chi connectivity index (χ1v) is 10.1. The van der Waals surface area contributed by atoms with E-state index in [9.17, 15) is 0 Å². The van der Waals surface area contributed by atoms with Crippen molar-refractivity contribution in [3.05, 3.63) is 84.9 Å². The van der Waals surface area contributed by atoms with Crippen molar-refractivity contribution in [1.82, 2.24) is 4.98 Å². The van der Waals surface area contributed by atoms with Crippen molar-refractivity contribution < 1.29 is 13.6 Å². The molecule has 3 aromatic carbocycles. The van der Waals surface area contributed by atoms with E-state index in [-0.39, 0.29) is 0 Å². The van der Waals surface area contributed by atoms with Gasteiger partial charge in [0.2, 0.25) is 5.89 Å². The average Bonchev–Trinajstić information content (AvgIpc) is 3.24. The van der Waals surface area contributed by atoms with Crippen LogP contribution in [0.5, 0.6) is 0 Å². The fourth-order valence-electron chi connectivity index (χ4n) is 2.96. The summed E-state index contributed by atoms with van der Waals surface area (Å²) in [6.07, 6.45) is 0. The van der Waals surface area contributed by atoms with Gasteiger partial charge < -0.3 is 7.71 Å². The van der Waals surface area contributed by atoms with E-state index in [1.807, 2.05) is 84.9 Å². The molecule has 0 amide bonds. The third kappa shape index (κ3) is 4.40. The Morgan fingerprint density at radius 2 is 1.48 bits per heavy atom. The molecule has 0 aliphatic carbocycles.